The largest absolute Gasteiger partial charge is 0.381 e. The van der Waals surface area contributed by atoms with E-state index in [1.165, 1.54) is 11.3 Å². The highest BCUT2D eigenvalue weighted by Crippen LogP contribution is 2.31. The van der Waals surface area contributed by atoms with Crippen LogP contribution in [0.1, 0.15) is 17.7 Å². The summed E-state index contributed by atoms with van der Waals surface area (Å²) in [6, 6.07) is 0. The van der Waals surface area contributed by atoms with Crippen LogP contribution in [0.5, 0.6) is 0 Å². The van der Waals surface area contributed by atoms with E-state index in [9.17, 15) is 13.2 Å². The molecule has 0 radical (unpaired) electrons. The Morgan fingerprint density at radius 2 is 2.11 bits per heavy atom. The number of hydrogen-bond donors (Lipinski definition) is 1. The molecule has 0 aromatic carbocycles. The van der Waals surface area contributed by atoms with Gasteiger partial charge in [0.1, 0.15) is 0 Å². The Balaban J connectivity index is 2.26. The van der Waals surface area contributed by atoms with Gasteiger partial charge in [0, 0.05) is 30.5 Å². The van der Waals surface area contributed by atoms with Crippen molar-refractivity contribution in [3.63, 3.8) is 0 Å². The van der Waals surface area contributed by atoms with Crippen LogP contribution < -0.4 is 5.32 Å². The Hall–Kier alpha value is -0.990. The van der Waals surface area contributed by atoms with Gasteiger partial charge in [-0.2, -0.15) is 0 Å². The Labute approximate surface area is 116 Å². The maximum atomic E-state index is 12.4. The summed E-state index contributed by atoms with van der Waals surface area (Å²) in [6.45, 7) is 2.42. The quantitative estimate of drug-likeness (QED) is 0.900. The summed E-state index contributed by atoms with van der Waals surface area (Å²) in [5.74, 6) is -0.507. The molecule has 0 unspecified atom stereocenters. The number of carbonyl (C=O) groups is 1. The Morgan fingerprint density at radius 3 is 2.58 bits per heavy atom. The Bertz CT molecular complexity index is 573. The van der Waals surface area contributed by atoms with Crippen LogP contribution in [-0.2, 0) is 19.4 Å². The van der Waals surface area contributed by atoms with Gasteiger partial charge in [0.15, 0.2) is 19.7 Å². The minimum atomic E-state index is -3.52. The number of nitrogens with zero attached hydrogens (tertiary/aromatic N) is 1. The second-order valence-corrected chi connectivity index (χ2v) is 8.17. The molecule has 1 aromatic heterocycles. The van der Waals surface area contributed by atoms with Crippen LogP contribution in [0.25, 0.3) is 0 Å². The number of nitrogens with one attached hydrogen (secondary N) is 1. The van der Waals surface area contributed by atoms with Crippen molar-refractivity contribution in [1.29, 1.82) is 0 Å². The van der Waals surface area contributed by atoms with E-state index in [1.807, 2.05) is 6.92 Å². The van der Waals surface area contributed by atoms with Gasteiger partial charge in [0.05, 0.1) is 0 Å². The van der Waals surface area contributed by atoms with E-state index in [1.54, 1.807) is 6.20 Å². The molecular weight excluding hydrogens is 288 g/mol. The molecule has 0 atom stereocenters. The summed E-state index contributed by atoms with van der Waals surface area (Å²) >= 11 is 1.32. The number of hydrogen-bond acceptors (Lipinski definition) is 6. The SMILES string of the molecule is Cc1cnc(NC(=O)C2(S(C)(=O)=O)CCOCC2)s1. The van der Waals surface area contributed by atoms with Gasteiger partial charge in [0.25, 0.3) is 0 Å². The van der Waals surface area contributed by atoms with Crippen LogP contribution in [-0.4, -0.2) is 43.5 Å². The van der Waals surface area contributed by atoms with Crippen LogP contribution in [0, 0.1) is 6.92 Å². The molecule has 1 fully saturated rings. The van der Waals surface area contributed by atoms with Crippen LogP contribution in [0.3, 0.4) is 0 Å². The van der Waals surface area contributed by atoms with E-state index in [0.717, 1.165) is 11.1 Å². The molecule has 19 heavy (non-hydrogen) atoms. The predicted octanol–water partition coefficient (Wildman–Crippen LogP) is 0.984. The lowest BCUT2D eigenvalue weighted by molar-refractivity contribution is -0.121. The first-order valence-electron chi connectivity index (χ1n) is 5.86. The maximum Gasteiger partial charge on any atom is 0.247 e. The lowest BCUT2D eigenvalue weighted by Gasteiger charge is -2.33. The second kappa shape index (κ2) is 5.18. The van der Waals surface area contributed by atoms with Crippen LogP contribution in [0.2, 0.25) is 0 Å². The van der Waals surface area contributed by atoms with Crippen molar-refractivity contribution >= 4 is 32.2 Å². The lowest BCUT2D eigenvalue weighted by atomic mass is 9.98. The van der Waals surface area contributed by atoms with E-state index in [0.29, 0.717) is 5.13 Å². The Morgan fingerprint density at radius 1 is 1.47 bits per heavy atom. The molecule has 2 heterocycles. The zero-order valence-electron chi connectivity index (χ0n) is 10.8. The highest BCUT2D eigenvalue weighted by molar-refractivity contribution is 7.92. The van der Waals surface area contributed by atoms with Gasteiger partial charge in [0.2, 0.25) is 5.91 Å². The normalized spacial score (nSPS) is 19.1. The third kappa shape index (κ3) is 2.80. The van der Waals surface area contributed by atoms with Gasteiger partial charge in [-0.3, -0.25) is 4.79 Å². The summed E-state index contributed by atoms with van der Waals surface area (Å²) in [7, 11) is -3.52. The molecule has 0 spiro atoms. The van der Waals surface area contributed by atoms with E-state index < -0.39 is 20.5 Å². The molecule has 2 rings (SSSR count). The monoisotopic (exact) mass is 304 g/mol. The molecular formula is C11H16N2O4S2. The van der Waals surface area contributed by atoms with Crippen molar-refractivity contribution in [1.82, 2.24) is 4.98 Å². The molecule has 1 N–H and O–H groups in total. The predicted molar refractivity (Wildman–Crippen MR) is 73.1 cm³/mol. The van der Waals surface area contributed by atoms with E-state index in [2.05, 4.69) is 10.3 Å². The number of thiazole rings is 1. The molecule has 6 nitrogen and oxygen atoms in total. The zero-order chi connectivity index (χ0) is 14.1. The summed E-state index contributed by atoms with van der Waals surface area (Å²) < 4.78 is 27.8. The fourth-order valence-electron chi connectivity index (χ4n) is 2.09. The fraction of sp³-hybridized carbons (Fsp3) is 0.636. The van der Waals surface area contributed by atoms with Crippen molar-refractivity contribution in [3.8, 4) is 0 Å². The third-order valence-corrected chi connectivity index (χ3v) is 6.11. The molecule has 1 aromatic rings. The number of carbonyl (C=O) groups excluding carboxylic acids is 1. The van der Waals surface area contributed by atoms with Crippen molar-refractivity contribution in [2.45, 2.75) is 24.5 Å². The minimum Gasteiger partial charge on any atom is -0.381 e. The molecule has 1 aliphatic heterocycles. The van der Waals surface area contributed by atoms with Gasteiger partial charge >= 0.3 is 0 Å². The first-order chi connectivity index (χ1) is 8.85. The number of aryl methyl sites for hydroxylation is 1. The van der Waals surface area contributed by atoms with E-state index in [4.69, 9.17) is 4.74 Å². The third-order valence-electron chi connectivity index (χ3n) is 3.27. The molecule has 8 heteroatoms. The van der Waals surface area contributed by atoms with Gasteiger partial charge in [-0.1, -0.05) is 0 Å². The number of rotatable bonds is 3. The topological polar surface area (TPSA) is 85.4 Å². The van der Waals surface area contributed by atoms with Gasteiger partial charge in [-0.25, -0.2) is 13.4 Å². The lowest BCUT2D eigenvalue weighted by Crippen LogP contribution is -2.52. The maximum absolute atomic E-state index is 12.4. The van der Waals surface area contributed by atoms with E-state index >= 15 is 0 Å². The highest BCUT2D eigenvalue weighted by atomic mass is 32.2. The number of anilines is 1. The van der Waals surface area contributed by atoms with E-state index in [-0.39, 0.29) is 26.1 Å². The molecule has 106 valence electrons. The minimum absolute atomic E-state index is 0.183. The zero-order valence-corrected chi connectivity index (χ0v) is 12.4. The number of sulfone groups is 1. The molecule has 0 aliphatic carbocycles. The van der Waals surface area contributed by atoms with Gasteiger partial charge in [-0.15, -0.1) is 11.3 Å². The average Bonchev–Trinajstić information content (AvgIpc) is 2.74. The fourth-order valence-corrected chi connectivity index (χ4v) is 4.05. The smallest absolute Gasteiger partial charge is 0.247 e. The summed E-state index contributed by atoms with van der Waals surface area (Å²) in [6.07, 6.45) is 3.10. The standard InChI is InChI=1S/C11H16N2O4S2/c1-8-7-12-10(18-8)13-9(14)11(19(2,15)16)3-5-17-6-4-11/h7H,3-6H2,1-2H3,(H,12,13,14). The van der Waals surface area contributed by atoms with Gasteiger partial charge in [-0.05, 0) is 19.8 Å². The van der Waals surface area contributed by atoms with Crippen molar-refractivity contribution in [2.75, 3.05) is 24.8 Å². The molecule has 1 aliphatic rings. The molecule has 1 amide bonds. The Kier molecular flexibility index (Phi) is 3.93. The summed E-state index contributed by atoms with van der Waals surface area (Å²) in [5, 5.41) is 3.04. The molecule has 0 saturated carbocycles. The molecule has 0 bridgehead atoms. The first kappa shape index (κ1) is 14.4. The molecule has 1 saturated heterocycles. The summed E-state index contributed by atoms with van der Waals surface area (Å²) in [5.41, 5.74) is 0. The van der Waals surface area contributed by atoms with Crippen molar-refractivity contribution < 1.29 is 17.9 Å². The van der Waals surface area contributed by atoms with Crippen LogP contribution in [0.15, 0.2) is 6.20 Å². The average molecular weight is 304 g/mol. The van der Waals surface area contributed by atoms with Crippen LogP contribution in [0.4, 0.5) is 5.13 Å². The number of aromatic nitrogens is 1. The van der Waals surface area contributed by atoms with Crippen LogP contribution >= 0.6 is 11.3 Å². The highest BCUT2D eigenvalue weighted by Gasteiger charge is 2.49. The first-order valence-corrected chi connectivity index (χ1v) is 8.57. The number of amides is 1. The second-order valence-electron chi connectivity index (χ2n) is 4.61. The van der Waals surface area contributed by atoms with Gasteiger partial charge < -0.3 is 10.1 Å². The van der Waals surface area contributed by atoms with Crippen molar-refractivity contribution in [2.24, 2.45) is 0 Å². The number of ether oxygens (including phenoxy) is 1. The summed E-state index contributed by atoms with van der Waals surface area (Å²) in [4.78, 5) is 17.3. The van der Waals surface area contributed by atoms with Crippen molar-refractivity contribution in [3.05, 3.63) is 11.1 Å².